The minimum Gasteiger partial charge on any atom is -0.415 e. The molecule has 0 bridgehead atoms. The second-order valence-electron chi connectivity index (χ2n) is 3.29. The zero-order valence-electron chi connectivity index (χ0n) is 9.14. The molecule has 1 aromatic carbocycles. The lowest BCUT2D eigenvalue weighted by Crippen LogP contribution is -1.89. The van der Waals surface area contributed by atoms with Crippen LogP contribution in [0.1, 0.15) is 11.9 Å². The van der Waals surface area contributed by atoms with E-state index >= 15 is 0 Å². The first-order valence-electron chi connectivity index (χ1n) is 5.11. The van der Waals surface area contributed by atoms with Crippen LogP contribution in [0.2, 0.25) is 5.02 Å². The molecular weight excluding hydrogens is 258 g/mol. The summed E-state index contributed by atoms with van der Waals surface area (Å²) in [5.74, 6) is 0. The average Bonchev–Trinajstić information content (AvgIpc) is 2.73. The monoisotopic (exact) mass is 267 g/mol. The maximum Gasteiger partial charge on any atom is 0.299 e. The van der Waals surface area contributed by atoms with Gasteiger partial charge in [-0.1, -0.05) is 48.1 Å². The molecule has 2 rings (SSSR count). The molecule has 0 aliphatic carbocycles. The van der Waals surface area contributed by atoms with Crippen molar-refractivity contribution in [1.82, 2.24) is 4.98 Å². The van der Waals surface area contributed by atoms with Crippen LogP contribution in [0.3, 0.4) is 0 Å². The molecule has 3 nitrogen and oxygen atoms in total. The first kappa shape index (κ1) is 12.1. The van der Waals surface area contributed by atoms with Gasteiger partial charge in [-0.3, -0.25) is 4.79 Å². The summed E-state index contributed by atoms with van der Waals surface area (Å²) in [4.78, 5) is 14.9. The topological polar surface area (TPSA) is 39.2 Å². The van der Waals surface area contributed by atoms with Crippen molar-refractivity contribution >= 4 is 29.4 Å². The molecule has 0 fully saturated rings. The largest absolute Gasteiger partial charge is 0.415 e. The number of nitrogens with zero attached hydrogens (tertiary/aromatic N) is 1. The molecule has 5 heteroatoms. The first-order valence-corrected chi connectivity index (χ1v) is 6.30. The Morgan fingerprint density at radius 1 is 1.47 bits per heavy atom. The third kappa shape index (κ3) is 2.48. The first-order chi connectivity index (χ1) is 8.26. The van der Waals surface area contributed by atoms with Gasteiger partial charge in [-0.05, 0) is 12.5 Å². The predicted molar refractivity (Wildman–Crippen MR) is 68.6 cm³/mol. The van der Waals surface area contributed by atoms with Crippen molar-refractivity contribution in [3.8, 4) is 16.3 Å². The number of carbonyl (C=O) groups is 1. The van der Waals surface area contributed by atoms with Gasteiger partial charge < -0.3 is 4.74 Å². The molecule has 0 atom stereocenters. The van der Waals surface area contributed by atoms with E-state index in [2.05, 4.69) is 4.98 Å². The molecule has 0 spiro atoms. The highest BCUT2D eigenvalue weighted by atomic mass is 35.5. The average molecular weight is 268 g/mol. The highest BCUT2D eigenvalue weighted by Gasteiger charge is 2.15. The third-order valence-corrected chi connectivity index (χ3v) is 3.65. The molecule has 17 heavy (non-hydrogen) atoms. The van der Waals surface area contributed by atoms with Gasteiger partial charge in [0.1, 0.15) is 5.69 Å². The second kappa shape index (κ2) is 5.29. The molecule has 0 unspecified atom stereocenters. The van der Waals surface area contributed by atoms with Gasteiger partial charge in [0.25, 0.3) is 6.47 Å². The van der Waals surface area contributed by atoms with Crippen LogP contribution >= 0.6 is 22.9 Å². The summed E-state index contributed by atoms with van der Waals surface area (Å²) in [5, 5.41) is 2.00. The lowest BCUT2D eigenvalue weighted by Gasteiger charge is -2.01. The van der Waals surface area contributed by atoms with Crippen molar-refractivity contribution in [2.24, 2.45) is 0 Å². The molecule has 2 aromatic rings. The number of aryl methyl sites for hydroxylation is 1. The van der Waals surface area contributed by atoms with Crippen LogP contribution in [0.4, 0.5) is 0 Å². The van der Waals surface area contributed by atoms with Crippen molar-refractivity contribution in [3.05, 3.63) is 34.3 Å². The Hall–Kier alpha value is -1.39. The molecule has 0 saturated carbocycles. The van der Waals surface area contributed by atoms with E-state index in [-0.39, 0.29) is 0 Å². The van der Waals surface area contributed by atoms with Crippen molar-refractivity contribution in [2.75, 3.05) is 0 Å². The van der Waals surface area contributed by atoms with Gasteiger partial charge in [-0.25, -0.2) is 4.98 Å². The molecule has 88 valence electrons. The van der Waals surface area contributed by atoms with Crippen LogP contribution in [0.25, 0.3) is 11.3 Å². The molecule has 0 aliphatic heterocycles. The number of ether oxygens (including phenoxy) is 1. The van der Waals surface area contributed by atoms with Crippen molar-refractivity contribution < 1.29 is 9.53 Å². The number of hydrogen-bond acceptors (Lipinski definition) is 4. The predicted octanol–water partition coefficient (Wildman–Crippen LogP) is 3.56. The zero-order chi connectivity index (χ0) is 12.3. The normalized spacial score (nSPS) is 10.2. The van der Waals surface area contributed by atoms with E-state index < -0.39 is 0 Å². The fraction of sp³-hybridized carbons (Fsp3) is 0.167. The minimum atomic E-state index is 0.410. The summed E-state index contributed by atoms with van der Waals surface area (Å²) in [6.45, 7) is 2.41. The fourth-order valence-electron chi connectivity index (χ4n) is 1.45. The van der Waals surface area contributed by atoms with Crippen LogP contribution in [0.15, 0.2) is 24.3 Å². The highest BCUT2D eigenvalue weighted by molar-refractivity contribution is 7.14. The summed E-state index contributed by atoms with van der Waals surface area (Å²) < 4.78 is 4.95. The fourth-order valence-corrected chi connectivity index (χ4v) is 2.51. The van der Waals surface area contributed by atoms with Gasteiger partial charge >= 0.3 is 0 Å². The number of rotatable bonds is 4. The number of halogens is 1. The van der Waals surface area contributed by atoms with E-state index in [9.17, 15) is 4.79 Å². The molecule has 0 aliphatic rings. The van der Waals surface area contributed by atoms with Gasteiger partial charge in [-0.15, -0.1) is 0 Å². The maximum absolute atomic E-state index is 10.5. The smallest absolute Gasteiger partial charge is 0.299 e. The van der Waals surface area contributed by atoms with Crippen molar-refractivity contribution in [2.45, 2.75) is 13.3 Å². The van der Waals surface area contributed by atoms with Crippen molar-refractivity contribution in [3.63, 3.8) is 0 Å². The molecule has 1 aromatic heterocycles. The van der Waals surface area contributed by atoms with Crippen LogP contribution in [0, 0.1) is 0 Å². The molecule has 0 radical (unpaired) electrons. The van der Waals surface area contributed by atoms with E-state index in [0.29, 0.717) is 22.3 Å². The van der Waals surface area contributed by atoms with Crippen LogP contribution in [0.5, 0.6) is 5.06 Å². The molecule has 0 amide bonds. The number of thiazole rings is 1. The van der Waals surface area contributed by atoms with E-state index in [1.165, 1.54) is 11.3 Å². The molecule has 1 heterocycles. The van der Waals surface area contributed by atoms with E-state index in [0.717, 1.165) is 17.0 Å². The molecular formula is C12H10ClNO2S. The van der Waals surface area contributed by atoms with Gasteiger partial charge in [0.05, 0.1) is 10.0 Å². The third-order valence-electron chi connectivity index (χ3n) is 2.23. The Labute approximate surface area is 108 Å². The van der Waals surface area contributed by atoms with Gasteiger partial charge in [0, 0.05) is 5.56 Å². The second-order valence-corrected chi connectivity index (χ2v) is 4.74. The Bertz CT molecular complexity index is 539. The number of hydrogen-bond donors (Lipinski definition) is 0. The summed E-state index contributed by atoms with van der Waals surface area (Å²) in [7, 11) is 0. The minimum absolute atomic E-state index is 0.410. The Morgan fingerprint density at radius 2 is 2.24 bits per heavy atom. The maximum atomic E-state index is 10.5. The van der Waals surface area contributed by atoms with Gasteiger partial charge in [0.15, 0.2) is 0 Å². The van der Waals surface area contributed by atoms with Crippen LogP contribution in [-0.4, -0.2) is 11.5 Å². The van der Waals surface area contributed by atoms with E-state index in [1.54, 1.807) is 6.07 Å². The number of benzene rings is 1. The highest BCUT2D eigenvalue weighted by Crippen LogP contribution is 2.38. The summed E-state index contributed by atoms with van der Waals surface area (Å²) in [5.41, 5.74) is 1.41. The molecule has 0 saturated heterocycles. The molecule has 0 N–H and O–H groups in total. The summed E-state index contributed by atoms with van der Waals surface area (Å²) in [6, 6.07) is 7.36. The summed E-state index contributed by atoms with van der Waals surface area (Å²) >= 11 is 7.47. The van der Waals surface area contributed by atoms with Crippen LogP contribution < -0.4 is 4.74 Å². The number of carbonyl (C=O) groups excluding carboxylic acids is 1. The zero-order valence-corrected chi connectivity index (χ0v) is 10.7. The van der Waals surface area contributed by atoms with Crippen molar-refractivity contribution in [1.29, 1.82) is 0 Å². The lowest BCUT2D eigenvalue weighted by atomic mass is 10.2. The quantitative estimate of drug-likeness (QED) is 0.795. The Kier molecular flexibility index (Phi) is 3.76. The Morgan fingerprint density at radius 3 is 2.88 bits per heavy atom. The number of aromatic nitrogens is 1. The summed E-state index contributed by atoms with van der Waals surface area (Å²) in [6.07, 6.45) is 0.796. The standard InChI is InChI=1S/C12H10ClNO2S/c1-2-10-14-11(12(17-10)16-7-15)8-5-3-4-6-9(8)13/h3-7H,2H2,1H3. The van der Waals surface area contributed by atoms with E-state index in [4.69, 9.17) is 16.3 Å². The van der Waals surface area contributed by atoms with Crippen LogP contribution in [-0.2, 0) is 11.2 Å². The van der Waals surface area contributed by atoms with E-state index in [1.807, 2.05) is 25.1 Å². The lowest BCUT2D eigenvalue weighted by molar-refractivity contribution is -0.120. The van der Waals surface area contributed by atoms with Gasteiger partial charge in [0.2, 0.25) is 5.06 Å². The van der Waals surface area contributed by atoms with Gasteiger partial charge in [-0.2, -0.15) is 0 Å². The SMILES string of the molecule is CCc1nc(-c2ccccc2Cl)c(OC=O)s1. The Balaban J connectivity index is 2.53.